The summed E-state index contributed by atoms with van der Waals surface area (Å²) in [7, 11) is 3.16. The van der Waals surface area contributed by atoms with Gasteiger partial charge >= 0.3 is 0 Å². The molecule has 0 spiro atoms. The van der Waals surface area contributed by atoms with Gasteiger partial charge in [-0.25, -0.2) is 5.06 Å². The molecule has 0 aliphatic heterocycles. The van der Waals surface area contributed by atoms with E-state index >= 15 is 0 Å². The maximum Gasteiger partial charge on any atom is 0.245 e. The number of amides is 1. The highest BCUT2D eigenvalue weighted by Crippen LogP contribution is 2.16. The Balaban J connectivity index is 2.37. The van der Waals surface area contributed by atoms with Gasteiger partial charge in [-0.1, -0.05) is 62.9 Å². The summed E-state index contributed by atoms with van der Waals surface area (Å²) in [6, 6.07) is 10.3. The number of hydrogen-bond donors (Lipinski definition) is 0. The van der Waals surface area contributed by atoms with Gasteiger partial charge in [-0.3, -0.25) is 9.63 Å². The van der Waals surface area contributed by atoms with E-state index in [-0.39, 0.29) is 12.0 Å². The first-order chi connectivity index (χ1) is 11.7. The van der Waals surface area contributed by atoms with Crippen LogP contribution in [0.5, 0.6) is 0 Å². The first-order valence-corrected chi connectivity index (χ1v) is 9.13. The molecule has 136 valence electrons. The van der Waals surface area contributed by atoms with E-state index in [2.05, 4.69) is 19.1 Å². The van der Waals surface area contributed by atoms with Crippen LogP contribution in [0, 0.1) is 0 Å². The van der Waals surface area contributed by atoms with Gasteiger partial charge in [0.15, 0.2) is 0 Å². The largest absolute Gasteiger partial charge is 0.374 e. The molecule has 0 bridgehead atoms. The van der Waals surface area contributed by atoms with Crippen molar-refractivity contribution in [1.29, 1.82) is 0 Å². The van der Waals surface area contributed by atoms with Gasteiger partial charge in [-0.05, 0) is 24.8 Å². The average molecular weight is 335 g/mol. The predicted molar refractivity (Wildman–Crippen MR) is 97.4 cm³/mol. The predicted octanol–water partition coefficient (Wildman–Crippen LogP) is 4.73. The molecule has 1 atom stereocenters. The first-order valence-electron chi connectivity index (χ1n) is 9.13. The van der Waals surface area contributed by atoms with Crippen molar-refractivity contribution in [2.45, 2.75) is 71.0 Å². The lowest BCUT2D eigenvalue weighted by atomic mass is 10.0. The Hall–Kier alpha value is -1.39. The monoisotopic (exact) mass is 335 g/mol. The number of carbonyl (C=O) groups excluding carboxylic acids is 1. The van der Waals surface area contributed by atoms with Gasteiger partial charge in [0.1, 0.15) is 0 Å². The fourth-order valence-electron chi connectivity index (χ4n) is 2.64. The van der Waals surface area contributed by atoms with E-state index < -0.39 is 0 Å². The van der Waals surface area contributed by atoms with Crippen LogP contribution in [0.3, 0.4) is 0 Å². The minimum atomic E-state index is 0.0188. The molecule has 0 aliphatic rings. The lowest BCUT2D eigenvalue weighted by molar-refractivity contribution is -0.168. The zero-order valence-electron chi connectivity index (χ0n) is 15.5. The van der Waals surface area contributed by atoms with Crippen LogP contribution in [-0.2, 0) is 21.0 Å². The molecule has 1 aromatic carbocycles. The fourth-order valence-corrected chi connectivity index (χ4v) is 2.64. The van der Waals surface area contributed by atoms with Crippen molar-refractivity contribution < 1.29 is 14.4 Å². The minimum absolute atomic E-state index is 0.0188. The summed E-state index contributed by atoms with van der Waals surface area (Å²) in [5.41, 5.74) is 1.20. The molecule has 0 aliphatic carbocycles. The molecule has 1 rings (SSSR count). The Morgan fingerprint density at radius 1 is 1.08 bits per heavy atom. The van der Waals surface area contributed by atoms with E-state index in [0.717, 1.165) is 19.3 Å². The molecule has 0 fully saturated rings. The van der Waals surface area contributed by atoms with Crippen LogP contribution in [0.2, 0.25) is 0 Å². The molecule has 0 radical (unpaired) electrons. The molecule has 0 saturated heterocycles. The maximum absolute atomic E-state index is 11.8. The Morgan fingerprint density at radius 2 is 1.79 bits per heavy atom. The van der Waals surface area contributed by atoms with Crippen molar-refractivity contribution in [1.82, 2.24) is 5.06 Å². The Labute approximate surface area is 147 Å². The second-order valence-electron chi connectivity index (χ2n) is 6.23. The number of carbonyl (C=O) groups is 1. The summed E-state index contributed by atoms with van der Waals surface area (Å²) in [4.78, 5) is 16.7. The summed E-state index contributed by atoms with van der Waals surface area (Å²) in [5.74, 6) is 0.0188. The van der Waals surface area contributed by atoms with E-state index in [9.17, 15) is 4.79 Å². The number of ether oxygens (including phenoxy) is 1. The molecule has 0 aromatic heterocycles. The van der Waals surface area contributed by atoms with Crippen LogP contribution in [0.1, 0.15) is 63.9 Å². The third-order valence-electron chi connectivity index (χ3n) is 4.25. The molecule has 4 nitrogen and oxygen atoms in total. The van der Waals surface area contributed by atoms with Crippen LogP contribution < -0.4 is 0 Å². The van der Waals surface area contributed by atoms with E-state index in [1.54, 1.807) is 7.05 Å². The van der Waals surface area contributed by atoms with Gasteiger partial charge in [0, 0.05) is 13.5 Å². The second-order valence-corrected chi connectivity index (χ2v) is 6.23. The van der Waals surface area contributed by atoms with Gasteiger partial charge in [-0.15, -0.1) is 0 Å². The van der Waals surface area contributed by atoms with Crippen LogP contribution >= 0.6 is 0 Å². The Morgan fingerprint density at radius 3 is 2.46 bits per heavy atom. The molecule has 1 amide bonds. The van der Waals surface area contributed by atoms with E-state index in [1.165, 1.54) is 43.4 Å². The quantitative estimate of drug-likeness (QED) is 0.386. The third kappa shape index (κ3) is 9.04. The first kappa shape index (κ1) is 20.7. The second kappa shape index (κ2) is 13.0. The number of hydrogen-bond acceptors (Lipinski definition) is 3. The highest BCUT2D eigenvalue weighted by molar-refractivity contribution is 5.74. The SMILES string of the molecule is CCCCCCC(CCCC(=O)N(C)OC)OCc1ccccc1. The van der Waals surface area contributed by atoms with Gasteiger partial charge in [-0.2, -0.15) is 0 Å². The van der Waals surface area contributed by atoms with Crippen LogP contribution in [0.4, 0.5) is 0 Å². The third-order valence-corrected chi connectivity index (χ3v) is 4.25. The van der Waals surface area contributed by atoms with Crippen molar-refractivity contribution in [2.75, 3.05) is 14.2 Å². The Kier molecular flexibility index (Phi) is 11.2. The van der Waals surface area contributed by atoms with Gasteiger partial charge in [0.25, 0.3) is 0 Å². The summed E-state index contributed by atoms with van der Waals surface area (Å²) >= 11 is 0. The summed E-state index contributed by atoms with van der Waals surface area (Å²) in [5, 5.41) is 1.29. The normalized spacial score (nSPS) is 12.1. The lowest BCUT2D eigenvalue weighted by Crippen LogP contribution is -2.25. The topological polar surface area (TPSA) is 38.8 Å². The van der Waals surface area contributed by atoms with Crippen LogP contribution in [0.25, 0.3) is 0 Å². The standard InChI is InChI=1S/C20H33NO3/c1-4-5-6-10-14-19(15-11-16-20(22)21(2)23-3)24-17-18-12-8-7-9-13-18/h7-9,12-13,19H,4-6,10-11,14-17H2,1-3H3. The van der Waals surface area contributed by atoms with E-state index in [0.29, 0.717) is 13.0 Å². The van der Waals surface area contributed by atoms with Crippen molar-refractivity contribution >= 4 is 5.91 Å². The molecule has 0 saturated carbocycles. The molecular weight excluding hydrogens is 302 g/mol. The minimum Gasteiger partial charge on any atom is -0.374 e. The van der Waals surface area contributed by atoms with E-state index in [4.69, 9.17) is 9.57 Å². The zero-order chi connectivity index (χ0) is 17.6. The molecule has 1 unspecified atom stereocenters. The molecule has 0 N–H and O–H groups in total. The summed E-state index contributed by atoms with van der Waals surface area (Å²) in [6.07, 6.45) is 8.53. The highest BCUT2D eigenvalue weighted by Gasteiger charge is 2.13. The van der Waals surface area contributed by atoms with Crippen molar-refractivity contribution in [3.8, 4) is 0 Å². The smallest absolute Gasteiger partial charge is 0.245 e. The van der Waals surface area contributed by atoms with Gasteiger partial charge < -0.3 is 4.74 Å². The average Bonchev–Trinajstić information content (AvgIpc) is 2.62. The summed E-state index contributed by atoms with van der Waals surface area (Å²) in [6.45, 7) is 2.87. The number of rotatable bonds is 13. The number of benzene rings is 1. The number of hydroxylamine groups is 2. The number of unbranched alkanes of at least 4 members (excludes halogenated alkanes) is 3. The van der Waals surface area contributed by atoms with Crippen molar-refractivity contribution in [2.24, 2.45) is 0 Å². The fraction of sp³-hybridized carbons (Fsp3) is 0.650. The Bertz CT molecular complexity index is 436. The highest BCUT2D eigenvalue weighted by atomic mass is 16.7. The van der Waals surface area contributed by atoms with Crippen LogP contribution in [0.15, 0.2) is 30.3 Å². The van der Waals surface area contributed by atoms with Gasteiger partial charge in [0.05, 0.1) is 19.8 Å². The molecule has 1 aromatic rings. The molecular formula is C20H33NO3. The zero-order valence-corrected chi connectivity index (χ0v) is 15.5. The maximum atomic E-state index is 11.8. The molecule has 4 heteroatoms. The molecule has 0 heterocycles. The lowest BCUT2D eigenvalue weighted by Gasteiger charge is -2.19. The van der Waals surface area contributed by atoms with E-state index in [1.807, 2.05) is 18.2 Å². The number of nitrogens with zero attached hydrogens (tertiary/aromatic N) is 1. The van der Waals surface area contributed by atoms with Crippen LogP contribution in [-0.4, -0.2) is 31.2 Å². The van der Waals surface area contributed by atoms with Crippen molar-refractivity contribution in [3.05, 3.63) is 35.9 Å². The van der Waals surface area contributed by atoms with Gasteiger partial charge in [0.2, 0.25) is 5.91 Å². The summed E-state index contributed by atoms with van der Waals surface area (Å²) < 4.78 is 6.12. The van der Waals surface area contributed by atoms with Crippen molar-refractivity contribution in [3.63, 3.8) is 0 Å². The molecule has 24 heavy (non-hydrogen) atoms.